The van der Waals surface area contributed by atoms with E-state index in [1.54, 1.807) is 0 Å². The van der Waals surface area contributed by atoms with Gasteiger partial charge in [0.15, 0.2) is 0 Å². The van der Waals surface area contributed by atoms with E-state index in [1.807, 2.05) is 18.2 Å². The third kappa shape index (κ3) is 4.27. The van der Waals surface area contributed by atoms with Gasteiger partial charge in [0.2, 0.25) is 0 Å². The molecule has 2 atom stereocenters. The van der Waals surface area contributed by atoms with Gasteiger partial charge in [-0.25, -0.2) is 0 Å². The Morgan fingerprint density at radius 3 is 2.61 bits per heavy atom. The van der Waals surface area contributed by atoms with Crippen molar-refractivity contribution in [2.75, 3.05) is 20.2 Å². The van der Waals surface area contributed by atoms with Crippen molar-refractivity contribution in [3.63, 3.8) is 0 Å². The molecule has 0 saturated carbocycles. The second-order valence-corrected chi connectivity index (χ2v) is 7.01. The van der Waals surface area contributed by atoms with E-state index in [0.717, 1.165) is 31.7 Å². The minimum Gasteiger partial charge on any atom is -0.373 e. The third-order valence-corrected chi connectivity index (χ3v) is 5.07. The lowest BCUT2D eigenvalue weighted by Crippen LogP contribution is -2.27. The molecule has 1 aliphatic heterocycles. The van der Waals surface area contributed by atoms with Crippen molar-refractivity contribution in [2.24, 2.45) is 5.92 Å². The van der Waals surface area contributed by atoms with Crippen LogP contribution in [0, 0.1) is 5.92 Å². The molecular formula is C19H21Cl2NO. The molecule has 122 valence electrons. The van der Waals surface area contributed by atoms with E-state index >= 15 is 0 Å². The Morgan fingerprint density at radius 1 is 1.09 bits per heavy atom. The molecule has 23 heavy (non-hydrogen) atoms. The molecule has 4 heteroatoms. The van der Waals surface area contributed by atoms with Gasteiger partial charge in [-0.05, 0) is 36.7 Å². The van der Waals surface area contributed by atoms with E-state index in [0.29, 0.717) is 16.0 Å². The highest BCUT2D eigenvalue weighted by molar-refractivity contribution is 6.42. The molecule has 0 N–H and O–H groups in total. The number of ether oxygens (including phenoxy) is 1. The van der Waals surface area contributed by atoms with E-state index in [4.69, 9.17) is 27.9 Å². The first-order chi connectivity index (χ1) is 11.1. The second kappa shape index (κ2) is 7.67. The summed E-state index contributed by atoms with van der Waals surface area (Å²) in [6, 6.07) is 16.4. The summed E-state index contributed by atoms with van der Waals surface area (Å²) in [6.45, 7) is 2.75. The van der Waals surface area contributed by atoms with Crippen molar-refractivity contribution in [2.45, 2.75) is 19.1 Å². The van der Waals surface area contributed by atoms with Crippen LogP contribution in [0.3, 0.4) is 0 Å². The van der Waals surface area contributed by atoms with Gasteiger partial charge >= 0.3 is 0 Å². The Morgan fingerprint density at radius 2 is 1.87 bits per heavy atom. The van der Waals surface area contributed by atoms with Gasteiger partial charge in [0.1, 0.15) is 0 Å². The largest absolute Gasteiger partial charge is 0.373 e. The van der Waals surface area contributed by atoms with Crippen molar-refractivity contribution >= 4 is 23.2 Å². The fourth-order valence-corrected chi connectivity index (χ4v) is 3.55. The molecule has 2 aromatic rings. The summed E-state index contributed by atoms with van der Waals surface area (Å²) in [4.78, 5) is 2.36. The smallest absolute Gasteiger partial charge is 0.0866 e. The lowest BCUT2D eigenvalue weighted by molar-refractivity contribution is 0.0806. The van der Waals surface area contributed by atoms with E-state index in [9.17, 15) is 0 Å². The zero-order valence-electron chi connectivity index (χ0n) is 13.2. The van der Waals surface area contributed by atoms with Crippen molar-refractivity contribution in [3.05, 3.63) is 69.7 Å². The Balaban J connectivity index is 1.65. The summed E-state index contributed by atoms with van der Waals surface area (Å²) < 4.78 is 5.97. The van der Waals surface area contributed by atoms with E-state index in [1.165, 1.54) is 5.56 Å². The van der Waals surface area contributed by atoms with Gasteiger partial charge in [0, 0.05) is 25.6 Å². The van der Waals surface area contributed by atoms with Crippen LogP contribution in [0.15, 0.2) is 48.5 Å². The first-order valence-corrected chi connectivity index (χ1v) is 8.68. The second-order valence-electron chi connectivity index (χ2n) is 6.20. The minimum atomic E-state index is 0.1000. The number of hydrogen-bond donors (Lipinski definition) is 0. The molecule has 2 nitrogen and oxygen atoms in total. The monoisotopic (exact) mass is 349 g/mol. The summed E-state index contributed by atoms with van der Waals surface area (Å²) in [7, 11) is 2.16. The zero-order valence-corrected chi connectivity index (χ0v) is 14.7. The molecular weight excluding hydrogens is 329 g/mol. The summed E-state index contributed by atoms with van der Waals surface area (Å²) in [5.74, 6) is 0.473. The number of rotatable bonds is 5. The van der Waals surface area contributed by atoms with Crippen molar-refractivity contribution in [1.29, 1.82) is 0 Å². The molecule has 0 aliphatic carbocycles. The Kier molecular flexibility index (Phi) is 5.60. The van der Waals surface area contributed by atoms with E-state index in [2.05, 4.69) is 42.3 Å². The average Bonchev–Trinajstić information content (AvgIpc) is 2.99. The maximum atomic E-state index is 6.16. The Hall–Kier alpha value is -1.06. The van der Waals surface area contributed by atoms with Crippen molar-refractivity contribution in [1.82, 2.24) is 4.90 Å². The summed E-state index contributed by atoms with van der Waals surface area (Å²) in [5, 5.41) is 1.18. The van der Waals surface area contributed by atoms with E-state index < -0.39 is 0 Å². The summed E-state index contributed by atoms with van der Waals surface area (Å²) >= 11 is 12.2. The third-order valence-electron chi connectivity index (χ3n) is 4.33. The molecule has 0 bridgehead atoms. The van der Waals surface area contributed by atoms with Gasteiger partial charge < -0.3 is 9.64 Å². The van der Waals surface area contributed by atoms with Gasteiger partial charge in [0.05, 0.1) is 16.1 Å². The van der Waals surface area contributed by atoms with Crippen LogP contribution in [0.4, 0.5) is 0 Å². The van der Waals surface area contributed by atoms with Crippen LogP contribution >= 0.6 is 23.2 Å². The van der Waals surface area contributed by atoms with Crippen LogP contribution in [0.1, 0.15) is 23.7 Å². The summed E-state index contributed by atoms with van der Waals surface area (Å²) in [6.07, 6.45) is 1.17. The van der Waals surface area contributed by atoms with Gasteiger partial charge in [-0.2, -0.15) is 0 Å². The van der Waals surface area contributed by atoms with Crippen LogP contribution in [0.2, 0.25) is 10.0 Å². The molecule has 2 aromatic carbocycles. The highest BCUT2D eigenvalue weighted by Crippen LogP contribution is 2.37. The Bertz CT molecular complexity index is 647. The lowest BCUT2D eigenvalue weighted by Gasteiger charge is -2.25. The SMILES string of the molecule is CN(Cc1ccccc1)CC1CCOC1c1ccc(Cl)c(Cl)c1. The highest BCUT2D eigenvalue weighted by atomic mass is 35.5. The molecule has 3 rings (SSSR count). The molecule has 1 aliphatic rings. The number of nitrogens with zero attached hydrogens (tertiary/aromatic N) is 1. The zero-order chi connectivity index (χ0) is 16.2. The van der Waals surface area contributed by atoms with Crippen LogP contribution in [-0.4, -0.2) is 25.1 Å². The standard InChI is InChI=1S/C19H21Cl2NO/c1-22(12-14-5-3-2-4-6-14)13-16-9-10-23-19(16)15-7-8-17(20)18(21)11-15/h2-8,11,16,19H,9-10,12-13H2,1H3. The Labute approximate surface area is 148 Å². The number of hydrogen-bond acceptors (Lipinski definition) is 2. The minimum absolute atomic E-state index is 0.1000. The molecule has 0 radical (unpaired) electrons. The van der Waals surface area contributed by atoms with Gasteiger partial charge in [-0.15, -0.1) is 0 Å². The normalized spacial score (nSPS) is 21.0. The molecule has 2 unspecified atom stereocenters. The first kappa shape index (κ1) is 16.8. The van der Waals surface area contributed by atoms with Crippen molar-refractivity contribution in [3.8, 4) is 0 Å². The van der Waals surface area contributed by atoms with E-state index in [-0.39, 0.29) is 6.10 Å². The maximum absolute atomic E-state index is 6.16. The lowest BCUT2D eigenvalue weighted by atomic mass is 9.94. The highest BCUT2D eigenvalue weighted by Gasteiger charge is 2.30. The van der Waals surface area contributed by atoms with Crippen molar-refractivity contribution < 1.29 is 4.74 Å². The topological polar surface area (TPSA) is 12.5 Å². The maximum Gasteiger partial charge on any atom is 0.0866 e. The molecule has 0 aromatic heterocycles. The van der Waals surface area contributed by atoms with Crippen LogP contribution in [0.25, 0.3) is 0 Å². The fourth-order valence-electron chi connectivity index (χ4n) is 3.24. The molecule has 1 saturated heterocycles. The van der Waals surface area contributed by atoms with Gasteiger partial charge in [-0.1, -0.05) is 59.6 Å². The van der Waals surface area contributed by atoms with Crippen LogP contribution in [0.5, 0.6) is 0 Å². The molecule has 1 fully saturated rings. The average molecular weight is 350 g/mol. The molecule has 1 heterocycles. The predicted octanol–water partition coefficient (Wildman–Crippen LogP) is 5.20. The molecule has 0 spiro atoms. The molecule has 0 amide bonds. The first-order valence-electron chi connectivity index (χ1n) is 7.92. The number of benzene rings is 2. The fraction of sp³-hybridized carbons (Fsp3) is 0.368. The van der Waals surface area contributed by atoms with Gasteiger partial charge in [-0.3, -0.25) is 0 Å². The predicted molar refractivity (Wildman–Crippen MR) is 96.0 cm³/mol. The quantitative estimate of drug-likeness (QED) is 0.735. The van der Waals surface area contributed by atoms with Crippen LogP contribution < -0.4 is 0 Å². The van der Waals surface area contributed by atoms with Gasteiger partial charge in [0.25, 0.3) is 0 Å². The number of halogens is 2. The van der Waals surface area contributed by atoms with Crippen LogP contribution in [-0.2, 0) is 11.3 Å². The summed E-state index contributed by atoms with van der Waals surface area (Å²) in [5.41, 5.74) is 2.45.